The summed E-state index contributed by atoms with van der Waals surface area (Å²) in [5.41, 5.74) is 0.747. The van der Waals surface area contributed by atoms with Crippen LogP contribution >= 0.6 is 12.4 Å². The molecule has 1 N–H and O–H groups in total. The van der Waals surface area contributed by atoms with E-state index in [4.69, 9.17) is 4.74 Å². The molecule has 1 saturated heterocycles. The minimum absolute atomic E-state index is 0. The molecular weight excluding hydrogens is 330 g/mol. The molecule has 0 saturated carbocycles. The van der Waals surface area contributed by atoms with Crippen LogP contribution in [0.3, 0.4) is 0 Å². The molecule has 2 atom stereocenters. The molecule has 7 heteroatoms. The molecule has 24 heavy (non-hydrogen) atoms. The lowest BCUT2D eigenvalue weighted by Crippen LogP contribution is -2.53. The van der Waals surface area contributed by atoms with Crippen molar-refractivity contribution < 1.29 is 14.3 Å². The number of nitrogens with zero attached hydrogens (tertiary/aromatic N) is 2. The van der Waals surface area contributed by atoms with Crippen LogP contribution in [0.4, 0.5) is 5.69 Å². The summed E-state index contributed by atoms with van der Waals surface area (Å²) < 4.78 is 5.62. The first kappa shape index (κ1) is 18.5. The number of amides is 2. The third-order valence-electron chi connectivity index (χ3n) is 4.44. The smallest absolute Gasteiger partial charge is 0.267 e. The lowest BCUT2D eigenvalue weighted by atomic mass is 10.1. The number of benzene rings is 1. The number of rotatable bonds is 3. The lowest BCUT2D eigenvalue weighted by molar-refractivity contribution is -0.133. The number of para-hydroxylation sites is 2. The van der Waals surface area contributed by atoms with E-state index in [2.05, 4.69) is 5.32 Å². The zero-order valence-corrected chi connectivity index (χ0v) is 14.8. The Morgan fingerprint density at radius 1 is 1.33 bits per heavy atom. The van der Waals surface area contributed by atoms with Gasteiger partial charge >= 0.3 is 0 Å². The number of anilines is 1. The topological polar surface area (TPSA) is 61.9 Å². The van der Waals surface area contributed by atoms with Crippen LogP contribution in [-0.2, 0) is 9.59 Å². The van der Waals surface area contributed by atoms with Gasteiger partial charge in [0, 0.05) is 38.6 Å². The highest BCUT2D eigenvalue weighted by Gasteiger charge is 2.32. The summed E-state index contributed by atoms with van der Waals surface area (Å²) in [6.07, 6.45) is -0.185. The minimum atomic E-state index is -0.516. The zero-order valence-electron chi connectivity index (χ0n) is 14.0. The lowest BCUT2D eigenvalue weighted by Gasteiger charge is -2.36. The number of hydrogen-bond acceptors (Lipinski definition) is 4. The van der Waals surface area contributed by atoms with Crippen molar-refractivity contribution >= 4 is 29.9 Å². The summed E-state index contributed by atoms with van der Waals surface area (Å²) in [5, 5.41) is 3.28. The summed E-state index contributed by atoms with van der Waals surface area (Å²) in [6.45, 7) is 6.55. The highest BCUT2D eigenvalue weighted by Crippen LogP contribution is 2.33. The number of carbonyl (C=O) groups excluding carboxylic acids is 2. The molecule has 6 nitrogen and oxygen atoms in total. The Morgan fingerprint density at radius 3 is 2.83 bits per heavy atom. The molecule has 0 aliphatic carbocycles. The first-order chi connectivity index (χ1) is 11.1. The Kier molecular flexibility index (Phi) is 6.07. The maximum Gasteiger partial charge on any atom is 0.267 e. The predicted octanol–water partition coefficient (Wildman–Crippen LogP) is 1.43. The van der Waals surface area contributed by atoms with E-state index in [1.807, 2.05) is 36.1 Å². The van der Waals surface area contributed by atoms with Crippen molar-refractivity contribution in [2.45, 2.75) is 32.4 Å². The average molecular weight is 354 g/mol. The Labute approximate surface area is 148 Å². The van der Waals surface area contributed by atoms with Gasteiger partial charge in [-0.2, -0.15) is 0 Å². The normalized spacial score (nSPS) is 23.2. The first-order valence-corrected chi connectivity index (χ1v) is 8.15. The van der Waals surface area contributed by atoms with Gasteiger partial charge in [0.15, 0.2) is 6.10 Å². The van der Waals surface area contributed by atoms with E-state index in [0.717, 1.165) is 25.3 Å². The van der Waals surface area contributed by atoms with E-state index in [1.165, 1.54) is 0 Å². The fourth-order valence-electron chi connectivity index (χ4n) is 3.15. The summed E-state index contributed by atoms with van der Waals surface area (Å²) in [4.78, 5) is 28.5. The molecule has 3 rings (SSSR count). The maximum atomic E-state index is 12.5. The third-order valence-corrected chi connectivity index (χ3v) is 4.44. The van der Waals surface area contributed by atoms with Crippen LogP contribution in [0.2, 0.25) is 0 Å². The van der Waals surface area contributed by atoms with E-state index in [1.54, 1.807) is 11.8 Å². The highest BCUT2D eigenvalue weighted by molar-refractivity contribution is 6.00. The standard InChI is InChI=1S/C17H23N3O3.ClH/c1-12-11-18-8-10-19(12)16(21)7-9-20-14-5-3-4-6-15(14)23-13(2)17(20)22;/h3-6,12-13,18H,7-11H2,1-2H3;1H. The van der Waals surface area contributed by atoms with Crippen molar-refractivity contribution in [2.24, 2.45) is 0 Å². The van der Waals surface area contributed by atoms with Gasteiger partial charge in [0.2, 0.25) is 5.91 Å². The molecule has 2 heterocycles. The number of carbonyl (C=O) groups is 2. The molecule has 2 unspecified atom stereocenters. The van der Waals surface area contributed by atoms with Crippen LogP contribution in [0.1, 0.15) is 20.3 Å². The van der Waals surface area contributed by atoms with Crippen LogP contribution in [0.25, 0.3) is 0 Å². The largest absolute Gasteiger partial charge is 0.479 e. The van der Waals surface area contributed by atoms with Crippen molar-refractivity contribution in [3.05, 3.63) is 24.3 Å². The molecule has 2 amide bonds. The maximum absolute atomic E-state index is 12.5. The summed E-state index contributed by atoms with van der Waals surface area (Å²) in [6, 6.07) is 7.66. The van der Waals surface area contributed by atoms with Gasteiger partial charge < -0.3 is 19.9 Å². The van der Waals surface area contributed by atoms with Gasteiger partial charge in [0.25, 0.3) is 5.91 Å². The monoisotopic (exact) mass is 353 g/mol. The quantitative estimate of drug-likeness (QED) is 0.893. The number of fused-ring (bicyclic) bond motifs is 1. The first-order valence-electron chi connectivity index (χ1n) is 8.15. The molecule has 0 radical (unpaired) electrons. The van der Waals surface area contributed by atoms with E-state index in [-0.39, 0.29) is 30.3 Å². The van der Waals surface area contributed by atoms with Gasteiger partial charge in [-0.3, -0.25) is 9.59 Å². The molecule has 0 bridgehead atoms. The number of ether oxygens (including phenoxy) is 1. The predicted molar refractivity (Wildman–Crippen MR) is 94.8 cm³/mol. The van der Waals surface area contributed by atoms with Crippen LogP contribution in [0.5, 0.6) is 5.75 Å². The van der Waals surface area contributed by atoms with Crippen molar-refractivity contribution in [1.82, 2.24) is 10.2 Å². The fourth-order valence-corrected chi connectivity index (χ4v) is 3.15. The van der Waals surface area contributed by atoms with E-state index < -0.39 is 6.10 Å². The number of hydrogen-bond donors (Lipinski definition) is 1. The molecule has 0 aromatic heterocycles. The van der Waals surface area contributed by atoms with Crippen LogP contribution in [0.15, 0.2) is 24.3 Å². The fraction of sp³-hybridized carbons (Fsp3) is 0.529. The van der Waals surface area contributed by atoms with E-state index >= 15 is 0 Å². The third kappa shape index (κ3) is 3.65. The van der Waals surface area contributed by atoms with Crippen molar-refractivity contribution in [3.8, 4) is 5.75 Å². The van der Waals surface area contributed by atoms with Gasteiger partial charge in [-0.05, 0) is 26.0 Å². The van der Waals surface area contributed by atoms with Crippen LogP contribution in [0, 0.1) is 0 Å². The Balaban J connectivity index is 0.00000208. The molecule has 1 aromatic carbocycles. The minimum Gasteiger partial charge on any atom is -0.479 e. The second-order valence-electron chi connectivity index (χ2n) is 6.11. The zero-order chi connectivity index (χ0) is 16.4. The SMILES string of the molecule is CC1Oc2ccccc2N(CCC(=O)N2CCNCC2C)C1=O.Cl. The van der Waals surface area contributed by atoms with Crippen molar-refractivity contribution in [1.29, 1.82) is 0 Å². The second kappa shape index (κ2) is 7.85. The molecule has 2 aliphatic heterocycles. The van der Waals surface area contributed by atoms with Crippen molar-refractivity contribution in [3.63, 3.8) is 0 Å². The van der Waals surface area contributed by atoms with Crippen LogP contribution < -0.4 is 15.0 Å². The average Bonchev–Trinajstić information content (AvgIpc) is 2.55. The van der Waals surface area contributed by atoms with Gasteiger partial charge in [0.1, 0.15) is 5.75 Å². The van der Waals surface area contributed by atoms with Gasteiger partial charge in [-0.15, -0.1) is 12.4 Å². The number of nitrogens with one attached hydrogen (secondary N) is 1. The van der Waals surface area contributed by atoms with Gasteiger partial charge in [0.05, 0.1) is 5.69 Å². The summed E-state index contributed by atoms with van der Waals surface area (Å²) >= 11 is 0. The summed E-state index contributed by atoms with van der Waals surface area (Å²) in [5.74, 6) is 0.705. The van der Waals surface area contributed by atoms with E-state index in [9.17, 15) is 9.59 Å². The Hall–Kier alpha value is -1.79. The molecule has 1 fully saturated rings. The van der Waals surface area contributed by atoms with Crippen molar-refractivity contribution in [2.75, 3.05) is 31.1 Å². The molecule has 2 aliphatic rings. The molecule has 0 spiro atoms. The second-order valence-corrected chi connectivity index (χ2v) is 6.11. The molecule has 1 aromatic rings. The number of piperazine rings is 1. The number of halogens is 1. The van der Waals surface area contributed by atoms with Gasteiger partial charge in [-0.25, -0.2) is 0 Å². The summed E-state index contributed by atoms with van der Waals surface area (Å²) in [7, 11) is 0. The van der Waals surface area contributed by atoms with E-state index in [0.29, 0.717) is 18.7 Å². The highest BCUT2D eigenvalue weighted by atomic mass is 35.5. The molecular formula is C17H24ClN3O3. The van der Waals surface area contributed by atoms with Crippen LogP contribution in [-0.4, -0.2) is 55.0 Å². The van der Waals surface area contributed by atoms with Gasteiger partial charge in [-0.1, -0.05) is 12.1 Å². The molecule has 132 valence electrons. The Morgan fingerprint density at radius 2 is 2.08 bits per heavy atom. The Bertz CT molecular complexity index is 610.